The van der Waals surface area contributed by atoms with Crippen molar-refractivity contribution in [1.29, 1.82) is 0 Å². The zero-order chi connectivity index (χ0) is 19.5. The molecule has 0 aliphatic carbocycles. The fourth-order valence-electron chi connectivity index (χ4n) is 4.01. The summed E-state index contributed by atoms with van der Waals surface area (Å²) in [6.45, 7) is 11.9. The largest absolute Gasteiger partial charge is 0.257 e. The van der Waals surface area contributed by atoms with Gasteiger partial charge < -0.3 is 0 Å². The SMILES string of the molecule is CCCCC(CC)CN(CC(CC)CCCC)C[s+]1cnc2ccccc21. The molecule has 2 nitrogen and oxygen atoms in total. The highest BCUT2D eigenvalue weighted by Crippen LogP contribution is 2.32. The van der Waals surface area contributed by atoms with E-state index in [-0.39, 0.29) is 10.5 Å². The molecule has 0 N–H and O–H groups in total. The van der Waals surface area contributed by atoms with Gasteiger partial charge in [0.05, 0.1) is 0 Å². The Bertz CT molecular complexity index is 618. The first-order valence-electron chi connectivity index (χ1n) is 11.3. The summed E-state index contributed by atoms with van der Waals surface area (Å²) in [5, 5.41) is 0. The van der Waals surface area contributed by atoms with Crippen LogP contribution < -0.4 is 0 Å². The van der Waals surface area contributed by atoms with E-state index in [1.165, 1.54) is 74.7 Å². The predicted octanol–water partition coefficient (Wildman–Crippen LogP) is 7.68. The molecule has 0 amide bonds. The van der Waals surface area contributed by atoms with Gasteiger partial charge in [-0.1, -0.05) is 78.4 Å². The van der Waals surface area contributed by atoms with Crippen molar-refractivity contribution in [2.75, 3.05) is 13.1 Å². The standard InChI is InChI=1S/C24H41N2S/c1-5-9-13-21(7-3)17-26(18-22(8-4)14-10-6-2)20-27-19-25-23-15-11-12-16-24(23)27/h11-12,15-16,19,21-22H,5-10,13-14,17-18,20H2,1-4H3/q+1. The zero-order valence-corrected chi connectivity index (χ0v) is 18.9. The lowest BCUT2D eigenvalue weighted by Gasteiger charge is -2.28. The van der Waals surface area contributed by atoms with Gasteiger partial charge in [-0.05, 0) is 30.7 Å². The third-order valence-electron chi connectivity index (χ3n) is 5.91. The number of fused-ring (bicyclic) bond motifs is 1. The summed E-state index contributed by atoms with van der Waals surface area (Å²) in [4.78, 5) is 7.49. The van der Waals surface area contributed by atoms with Crippen molar-refractivity contribution < 1.29 is 0 Å². The first-order valence-corrected chi connectivity index (χ1v) is 12.7. The van der Waals surface area contributed by atoms with Gasteiger partial charge in [-0.2, -0.15) is 4.98 Å². The molecule has 0 aliphatic rings. The minimum absolute atomic E-state index is 0.154. The van der Waals surface area contributed by atoms with Crippen LogP contribution >= 0.6 is 10.5 Å². The molecule has 3 unspecified atom stereocenters. The molecule has 1 aromatic heterocycles. The first kappa shape index (κ1) is 22.4. The van der Waals surface area contributed by atoms with E-state index >= 15 is 0 Å². The van der Waals surface area contributed by atoms with Gasteiger partial charge in [0.15, 0.2) is 5.88 Å². The fraction of sp³-hybridized carbons (Fsp3) is 0.708. The van der Waals surface area contributed by atoms with Crippen LogP contribution in [-0.2, 0) is 5.88 Å². The first-order chi connectivity index (χ1) is 13.2. The van der Waals surface area contributed by atoms with Crippen molar-refractivity contribution in [1.82, 2.24) is 9.88 Å². The second-order valence-electron chi connectivity index (χ2n) is 8.13. The number of aromatic nitrogens is 1. The number of hydrogen-bond acceptors (Lipinski definition) is 2. The van der Waals surface area contributed by atoms with Crippen LogP contribution in [0, 0.1) is 11.8 Å². The Balaban J connectivity index is 2.11. The lowest BCUT2D eigenvalue weighted by atomic mass is 9.96. The minimum atomic E-state index is 0.154. The highest BCUT2D eigenvalue weighted by Gasteiger charge is 2.22. The molecule has 1 heterocycles. The molecule has 0 aliphatic heterocycles. The third-order valence-corrected chi connectivity index (χ3v) is 7.82. The number of hydrogen-bond donors (Lipinski definition) is 0. The predicted molar refractivity (Wildman–Crippen MR) is 122 cm³/mol. The Hall–Kier alpha value is -0.930. The maximum atomic E-state index is 4.69. The Morgan fingerprint density at radius 1 is 0.889 bits per heavy atom. The second kappa shape index (κ2) is 12.5. The molecule has 1 aromatic carbocycles. The molecular formula is C24H41N2S+. The van der Waals surface area contributed by atoms with E-state index in [0.29, 0.717) is 0 Å². The molecule has 0 spiro atoms. The van der Waals surface area contributed by atoms with Gasteiger partial charge in [-0.25, -0.2) is 0 Å². The van der Waals surface area contributed by atoms with E-state index in [1.807, 2.05) is 0 Å². The van der Waals surface area contributed by atoms with Gasteiger partial charge >= 0.3 is 0 Å². The number of benzene rings is 1. The Labute approximate surface area is 170 Å². The maximum absolute atomic E-state index is 4.69. The van der Waals surface area contributed by atoms with Crippen LogP contribution in [0.2, 0.25) is 0 Å². The maximum Gasteiger partial charge on any atom is 0.231 e. The average molecular weight is 390 g/mol. The van der Waals surface area contributed by atoms with Crippen molar-refractivity contribution in [3.63, 3.8) is 0 Å². The molecule has 2 aromatic rings. The zero-order valence-electron chi connectivity index (χ0n) is 18.1. The highest BCUT2D eigenvalue weighted by atomic mass is 32.2. The van der Waals surface area contributed by atoms with Crippen molar-refractivity contribution in [2.45, 2.75) is 84.9 Å². The normalized spacial score (nSPS) is 14.8. The smallest absolute Gasteiger partial charge is 0.231 e. The van der Waals surface area contributed by atoms with Crippen LogP contribution in [0.4, 0.5) is 0 Å². The molecular weight excluding hydrogens is 348 g/mol. The lowest BCUT2D eigenvalue weighted by Crippen LogP contribution is -2.32. The van der Waals surface area contributed by atoms with Gasteiger partial charge in [0.25, 0.3) is 0 Å². The van der Waals surface area contributed by atoms with Crippen LogP contribution in [0.1, 0.15) is 79.1 Å². The van der Waals surface area contributed by atoms with Gasteiger partial charge in [0, 0.05) is 29.6 Å². The summed E-state index contributed by atoms with van der Waals surface area (Å²) in [5.74, 6) is 2.84. The number of rotatable bonds is 14. The molecule has 152 valence electrons. The molecule has 2 rings (SSSR count). The van der Waals surface area contributed by atoms with Gasteiger partial charge in [0.2, 0.25) is 10.2 Å². The molecule has 0 saturated carbocycles. The van der Waals surface area contributed by atoms with E-state index in [1.54, 1.807) is 0 Å². The summed E-state index contributed by atoms with van der Waals surface area (Å²) >= 11 is 0. The lowest BCUT2D eigenvalue weighted by molar-refractivity contribution is 0.189. The topological polar surface area (TPSA) is 16.1 Å². The Morgan fingerprint density at radius 3 is 2.04 bits per heavy atom. The highest BCUT2D eigenvalue weighted by molar-refractivity contribution is 7.34. The molecule has 27 heavy (non-hydrogen) atoms. The molecule has 0 bridgehead atoms. The molecule has 3 heteroatoms. The van der Waals surface area contributed by atoms with E-state index in [9.17, 15) is 0 Å². The molecule has 0 radical (unpaired) electrons. The quantitative estimate of drug-likeness (QED) is 0.308. The Kier molecular flexibility index (Phi) is 10.4. The fourth-order valence-corrected chi connectivity index (χ4v) is 5.81. The average Bonchev–Trinajstić information content (AvgIpc) is 3.10. The minimum Gasteiger partial charge on any atom is -0.257 e. The number of nitrogens with zero attached hydrogens (tertiary/aromatic N) is 2. The van der Waals surface area contributed by atoms with E-state index in [2.05, 4.69) is 62.4 Å². The molecule has 3 atom stereocenters. The van der Waals surface area contributed by atoms with Crippen LogP contribution in [0.5, 0.6) is 0 Å². The number of thiazole rings is 1. The molecule has 0 fully saturated rings. The van der Waals surface area contributed by atoms with Crippen molar-refractivity contribution in [3.05, 3.63) is 29.8 Å². The van der Waals surface area contributed by atoms with Crippen LogP contribution in [-0.4, -0.2) is 23.0 Å². The summed E-state index contributed by atoms with van der Waals surface area (Å²) in [5.41, 5.74) is 3.41. The van der Waals surface area contributed by atoms with E-state index in [0.717, 1.165) is 17.7 Å². The van der Waals surface area contributed by atoms with Crippen molar-refractivity contribution >= 4 is 20.7 Å². The summed E-state index contributed by atoms with van der Waals surface area (Å²) in [6, 6.07) is 8.72. The van der Waals surface area contributed by atoms with Gasteiger partial charge in [-0.15, -0.1) is 0 Å². The van der Waals surface area contributed by atoms with Crippen molar-refractivity contribution in [3.8, 4) is 0 Å². The number of para-hydroxylation sites is 1. The van der Waals surface area contributed by atoms with Gasteiger partial charge in [0.1, 0.15) is 5.52 Å². The summed E-state index contributed by atoms with van der Waals surface area (Å²) < 4.78 is 1.45. The number of unbranched alkanes of at least 4 members (excludes halogenated alkanes) is 2. The second-order valence-corrected chi connectivity index (χ2v) is 9.90. The van der Waals surface area contributed by atoms with Gasteiger partial charge in [-0.3, -0.25) is 4.90 Å². The Morgan fingerprint density at radius 2 is 1.48 bits per heavy atom. The summed E-state index contributed by atoms with van der Waals surface area (Å²) in [7, 11) is 0.154. The van der Waals surface area contributed by atoms with Crippen LogP contribution in [0.25, 0.3) is 10.2 Å². The summed E-state index contributed by atoms with van der Waals surface area (Å²) in [6.07, 6.45) is 10.7. The van der Waals surface area contributed by atoms with Crippen molar-refractivity contribution in [2.24, 2.45) is 11.8 Å². The van der Waals surface area contributed by atoms with Crippen LogP contribution in [0.15, 0.2) is 29.8 Å². The molecule has 0 saturated heterocycles. The third kappa shape index (κ3) is 7.19. The monoisotopic (exact) mass is 389 g/mol. The van der Waals surface area contributed by atoms with E-state index < -0.39 is 0 Å². The van der Waals surface area contributed by atoms with E-state index in [4.69, 9.17) is 4.98 Å². The van der Waals surface area contributed by atoms with Crippen LogP contribution in [0.3, 0.4) is 0 Å².